The number of rotatable bonds is 4. The van der Waals surface area contributed by atoms with Gasteiger partial charge in [-0.25, -0.2) is 0 Å². The normalized spacial score (nSPS) is 13.2. The molecular weight excluding hydrogens is 255 g/mol. The molecule has 1 aromatic rings. The highest BCUT2D eigenvalue weighted by atomic mass is 35.7. The van der Waals surface area contributed by atoms with Gasteiger partial charge in [-0.2, -0.15) is 0 Å². The average Bonchev–Trinajstić information content (AvgIpc) is 2.18. The van der Waals surface area contributed by atoms with E-state index < -0.39 is 6.69 Å². The molecule has 0 saturated heterocycles. The molecule has 0 unspecified atom stereocenters. The van der Waals surface area contributed by atoms with E-state index in [1.54, 1.807) is 0 Å². The fraction of sp³-hybridized carbons (Fsp3) is 0.538. The summed E-state index contributed by atoms with van der Waals surface area (Å²) in [5.74, 6) is 0.498. The second kappa shape index (κ2) is 5.12. The van der Waals surface area contributed by atoms with E-state index in [0.29, 0.717) is 5.92 Å². The Hall–Kier alpha value is 0.0169. The molecular formula is C13H20Cl2Si. The van der Waals surface area contributed by atoms with Crippen LogP contribution in [0.1, 0.15) is 33.3 Å². The van der Waals surface area contributed by atoms with Gasteiger partial charge in [-0.1, -0.05) is 58.0 Å². The molecule has 0 aliphatic heterocycles. The van der Waals surface area contributed by atoms with Crippen LogP contribution >= 0.6 is 22.2 Å². The predicted molar refractivity (Wildman–Crippen MR) is 76.5 cm³/mol. The van der Waals surface area contributed by atoms with Gasteiger partial charge < -0.3 is 0 Å². The van der Waals surface area contributed by atoms with Crippen molar-refractivity contribution in [3.63, 3.8) is 0 Å². The first-order valence-corrected chi connectivity index (χ1v) is 9.92. The molecule has 0 bridgehead atoms. The molecule has 16 heavy (non-hydrogen) atoms. The zero-order valence-corrected chi connectivity index (χ0v) is 12.9. The summed E-state index contributed by atoms with van der Waals surface area (Å²) in [7, 11) is 0. The van der Waals surface area contributed by atoms with Gasteiger partial charge in [-0.05, 0) is 22.6 Å². The van der Waals surface area contributed by atoms with Gasteiger partial charge in [0.05, 0.1) is 0 Å². The lowest BCUT2D eigenvalue weighted by atomic mass is 9.99. The molecule has 0 spiro atoms. The first kappa shape index (κ1) is 14.1. The minimum absolute atomic E-state index is 0.0198. The van der Waals surface area contributed by atoms with Gasteiger partial charge in [0.15, 0.2) is 0 Å². The van der Waals surface area contributed by atoms with Crippen molar-refractivity contribution in [3.8, 4) is 0 Å². The van der Waals surface area contributed by atoms with E-state index in [-0.39, 0.29) is 5.04 Å². The van der Waals surface area contributed by atoms with Gasteiger partial charge in [0.25, 0.3) is 6.69 Å². The molecule has 0 amide bonds. The van der Waals surface area contributed by atoms with Gasteiger partial charge in [-0.3, -0.25) is 0 Å². The fourth-order valence-corrected chi connectivity index (χ4v) is 5.79. The molecule has 0 saturated carbocycles. The summed E-state index contributed by atoms with van der Waals surface area (Å²) < 4.78 is 0. The molecule has 0 aliphatic rings. The van der Waals surface area contributed by atoms with Crippen molar-refractivity contribution in [3.05, 3.63) is 35.9 Å². The zero-order valence-electron chi connectivity index (χ0n) is 10.4. The van der Waals surface area contributed by atoms with Crippen LogP contribution < -0.4 is 0 Å². The highest BCUT2D eigenvalue weighted by Crippen LogP contribution is 2.49. The van der Waals surface area contributed by atoms with Crippen molar-refractivity contribution in [2.45, 2.75) is 38.8 Å². The first-order chi connectivity index (χ1) is 7.27. The molecule has 0 heterocycles. The van der Waals surface area contributed by atoms with E-state index in [0.717, 1.165) is 6.04 Å². The molecule has 0 radical (unpaired) electrons. The van der Waals surface area contributed by atoms with Gasteiger partial charge in [0.1, 0.15) is 0 Å². The molecule has 1 rings (SSSR count). The van der Waals surface area contributed by atoms with Crippen LogP contribution in [0.3, 0.4) is 0 Å². The van der Waals surface area contributed by atoms with Crippen LogP contribution in [0.15, 0.2) is 30.3 Å². The Morgan fingerprint density at radius 2 is 1.62 bits per heavy atom. The molecule has 0 fully saturated rings. The number of hydrogen-bond donors (Lipinski definition) is 0. The summed E-state index contributed by atoms with van der Waals surface area (Å²) in [6.07, 6.45) is 0. The SMILES string of the molecule is CC(C)C(C)(C)[Si](Cl)(Cl)Cc1ccccc1. The Balaban J connectivity index is 2.87. The fourth-order valence-electron chi connectivity index (χ4n) is 1.50. The van der Waals surface area contributed by atoms with Gasteiger partial charge >= 0.3 is 0 Å². The molecule has 0 atom stereocenters. The molecule has 0 aromatic heterocycles. The van der Waals surface area contributed by atoms with Crippen LogP contribution in [0.25, 0.3) is 0 Å². The molecule has 0 nitrogen and oxygen atoms in total. The van der Waals surface area contributed by atoms with Gasteiger partial charge in [-0.15, -0.1) is 22.2 Å². The predicted octanol–water partition coefficient (Wildman–Crippen LogP) is 5.12. The number of benzene rings is 1. The Morgan fingerprint density at radius 3 is 2.06 bits per heavy atom. The van der Waals surface area contributed by atoms with E-state index in [1.807, 2.05) is 18.2 Å². The van der Waals surface area contributed by atoms with Crippen LogP contribution in [-0.4, -0.2) is 6.69 Å². The molecule has 1 aromatic carbocycles. The topological polar surface area (TPSA) is 0 Å². The first-order valence-electron chi connectivity index (χ1n) is 5.69. The summed E-state index contributed by atoms with van der Waals surface area (Å²) in [4.78, 5) is 0. The van der Waals surface area contributed by atoms with Crippen LogP contribution in [0.2, 0.25) is 5.04 Å². The Bertz CT molecular complexity index is 331. The highest BCUT2D eigenvalue weighted by Gasteiger charge is 2.47. The third-order valence-corrected chi connectivity index (χ3v) is 10.7. The van der Waals surface area contributed by atoms with Crippen molar-refractivity contribution >= 4 is 28.9 Å². The van der Waals surface area contributed by atoms with Crippen molar-refractivity contribution in [1.29, 1.82) is 0 Å². The summed E-state index contributed by atoms with van der Waals surface area (Å²) in [6.45, 7) is 6.47. The number of halogens is 2. The summed E-state index contributed by atoms with van der Waals surface area (Å²) in [6, 6.07) is 11.1. The number of hydrogen-bond acceptors (Lipinski definition) is 0. The van der Waals surface area contributed by atoms with Crippen molar-refractivity contribution in [1.82, 2.24) is 0 Å². The maximum Gasteiger partial charge on any atom is 0.261 e. The maximum absolute atomic E-state index is 6.66. The van der Waals surface area contributed by atoms with E-state index in [2.05, 4.69) is 39.8 Å². The highest BCUT2D eigenvalue weighted by molar-refractivity contribution is 7.46. The van der Waals surface area contributed by atoms with E-state index >= 15 is 0 Å². The second-order valence-corrected chi connectivity index (χ2v) is 12.7. The summed E-state index contributed by atoms with van der Waals surface area (Å²) in [5.41, 5.74) is 1.24. The Kier molecular flexibility index (Phi) is 4.50. The molecule has 0 aliphatic carbocycles. The smallest absolute Gasteiger partial charge is 0.145 e. The van der Waals surface area contributed by atoms with Gasteiger partial charge in [0.2, 0.25) is 0 Å². The average molecular weight is 275 g/mol. The lowest BCUT2D eigenvalue weighted by Gasteiger charge is -2.38. The molecule has 0 N–H and O–H groups in total. The monoisotopic (exact) mass is 274 g/mol. The Labute approximate surface area is 109 Å². The van der Waals surface area contributed by atoms with E-state index in [9.17, 15) is 0 Å². The van der Waals surface area contributed by atoms with E-state index in [1.165, 1.54) is 5.56 Å². The van der Waals surface area contributed by atoms with Gasteiger partial charge in [0, 0.05) is 0 Å². The minimum atomic E-state index is -2.29. The third-order valence-electron chi connectivity index (χ3n) is 3.66. The molecule has 90 valence electrons. The summed E-state index contributed by atoms with van der Waals surface area (Å²) >= 11 is 13.3. The van der Waals surface area contributed by atoms with Crippen LogP contribution in [0, 0.1) is 5.92 Å². The lowest BCUT2D eigenvalue weighted by molar-refractivity contribution is 0.466. The van der Waals surface area contributed by atoms with Crippen LogP contribution in [-0.2, 0) is 6.04 Å². The standard InChI is InChI=1S/C13H20Cl2Si/c1-11(2)13(3,4)16(14,15)10-12-8-6-5-7-9-12/h5-9,11H,10H2,1-4H3. The molecule has 3 heteroatoms. The minimum Gasteiger partial charge on any atom is -0.145 e. The van der Waals surface area contributed by atoms with Crippen LogP contribution in [0.4, 0.5) is 0 Å². The Morgan fingerprint density at radius 1 is 1.12 bits per heavy atom. The zero-order chi connectivity index (χ0) is 12.4. The van der Waals surface area contributed by atoms with Crippen molar-refractivity contribution in [2.24, 2.45) is 5.92 Å². The van der Waals surface area contributed by atoms with Crippen LogP contribution in [0.5, 0.6) is 0 Å². The van der Waals surface area contributed by atoms with E-state index in [4.69, 9.17) is 22.2 Å². The third kappa shape index (κ3) is 3.03. The lowest BCUT2D eigenvalue weighted by Crippen LogP contribution is -2.40. The largest absolute Gasteiger partial charge is 0.261 e. The second-order valence-electron chi connectivity index (χ2n) is 5.24. The quantitative estimate of drug-likeness (QED) is 0.528. The summed E-state index contributed by atoms with van der Waals surface area (Å²) in [5, 5.41) is 0.0198. The maximum atomic E-state index is 6.66. The van der Waals surface area contributed by atoms with Crippen molar-refractivity contribution < 1.29 is 0 Å². The van der Waals surface area contributed by atoms with Crippen molar-refractivity contribution in [2.75, 3.05) is 0 Å².